The van der Waals surface area contributed by atoms with Crippen molar-refractivity contribution in [3.05, 3.63) is 108 Å². The van der Waals surface area contributed by atoms with Gasteiger partial charge in [-0.05, 0) is 81.6 Å². The Morgan fingerprint density at radius 1 is 0.720 bits per heavy atom. The van der Waals surface area contributed by atoms with Gasteiger partial charge in [0, 0.05) is 82.2 Å². The number of hydrogen-bond donors (Lipinski definition) is 2. The lowest BCUT2D eigenvalue weighted by Gasteiger charge is -2.35. The summed E-state index contributed by atoms with van der Waals surface area (Å²) in [5.41, 5.74) is 5.87. The van der Waals surface area contributed by atoms with Crippen molar-refractivity contribution in [3.8, 4) is 22.3 Å². The highest BCUT2D eigenvalue weighted by molar-refractivity contribution is 6.00. The molecule has 2 N–H and O–H groups in total. The number of pyridine rings is 2. The Morgan fingerprint density at radius 2 is 1.20 bits per heavy atom. The zero-order chi connectivity index (χ0) is 34.5. The second-order valence-electron chi connectivity index (χ2n) is 12.7. The van der Waals surface area contributed by atoms with Crippen LogP contribution in [0.15, 0.2) is 85.5 Å². The van der Waals surface area contributed by atoms with Gasteiger partial charge in [0.25, 0.3) is 0 Å². The van der Waals surface area contributed by atoms with E-state index in [1.807, 2.05) is 97.2 Å². The molecule has 8 bridgehead atoms. The van der Waals surface area contributed by atoms with Gasteiger partial charge in [0.2, 0.25) is 0 Å². The smallest absolute Gasteiger partial charge is 0.321 e. The second-order valence-corrected chi connectivity index (χ2v) is 12.7. The van der Waals surface area contributed by atoms with Crippen LogP contribution in [0.4, 0.5) is 0 Å². The quantitative estimate of drug-likeness (QED) is 0.210. The average Bonchev–Trinajstić information content (AvgIpc) is 3.95. The Labute approximate surface area is 288 Å². The number of carbonyl (C=O) groups excluding carboxylic acids is 2. The van der Waals surface area contributed by atoms with E-state index in [1.165, 1.54) is 0 Å². The van der Waals surface area contributed by atoms with E-state index in [9.17, 15) is 9.59 Å². The van der Waals surface area contributed by atoms with E-state index >= 15 is 0 Å². The molecule has 5 aromatic heterocycles. The van der Waals surface area contributed by atoms with Crippen LogP contribution in [-0.2, 0) is 29.9 Å². The van der Waals surface area contributed by atoms with E-state index in [2.05, 4.69) is 19.9 Å². The van der Waals surface area contributed by atoms with Gasteiger partial charge in [0.05, 0.1) is 36.0 Å². The molecule has 0 aliphatic carbocycles. The number of ether oxygens (including phenoxy) is 2. The summed E-state index contributed by atoms with van der Waals surface area (Å²) < 4.78 is 11.6. The molecule has 250 valence electrons. The fourth-order valence-corrected chi connectivity index (χ4v) is 7.68. The first-order valence-electron chi connectivity index (χ1n) is 16.6. The Hall–Kier alpha value is -5.94. The molecular formula is C39H35N7O4. The molecule has 3 aliphatic rings. The third-order valence-corrected chi connectivity index (χ3v) is 9.70. The largest absolute Gasteiger partial charge is 0.465 e. The highest BCUT2D eigenvalue weighted by Gasteiger charge is 2.73. The van der Waals surface area contributed by atoms with Crippen molar-refractivity contribution >= 4 is 46.2 Å². The highest BCUT2D eigenvalue weighted by Crippen LogP contribution is 2.54. The summed E-state index contributed by atoms with van der Waals surface area (Å²) in [4.78, 5) is 56.9. The van der Waals surface area contributed by atoms with Gasteiger partial charge >= 0.3 is 11.9 Å². The van der Waals surface area contributed by atoms with E-state index < -0.39 is 22.8 Å². The highest BCUT2D eigenvalue weighted by atomic mass is 16.5. The zero-order valence-corrected chi connectivity index (χ0v) is 27.9. The SMILES string of the molecule is CCOC(=O)[C@]12CN(C)C[C@@]1(C(=O)OCC)c1cc3ccc([nH]3)c(-c3cccnc3)c3nc(c(-c4cccnc4)c4ccc(cc2n1)[nH]4)C=C3. The van der Waals surface area contributed by atoms with Crippen LogP contribution in [-0.4, -0.2) is 80.1 Å². The minimum Gasteiger partial charge on any atom is -0.465 e. The Bertz CT molecular complexity index is 2170. The van der Waals surface area contributed by atoms with E-state index in [-0.39, 0.29) is 26.3 Å². The maximum Gasteiger partial charge on any atom is 0.321 e. The molecule has 2 atom stereocenters. The van der Waals surface area contributed by atoms with Gasteiger partial charge in [0.1, 0.15) is 10.8 Å². The van der Waals surface area contributed by atoms with Crippen LogP contribution in [0.3, 0.4) is 0 Å². The third-order valence-electron chi connectivity index (χ3n) is 9.70. The van der Waals surface area contributed by atoms with Crippen molar-refractivity contribution in [2.75, 3.05) is 33.4 Å². The van der Waals surface area contributed by atoms with Gasteiger partial charge in [-0.1, -0.05) is 12.1 Å². The summed E-state index contributed by atoms with van der Waals surface area (Å²) in [5.74, 6) is -1.04. The molecule has 11 heteroatoms. The molecule has 0 saturated carbocycles. The molecule has 5 aromatic rings. The molecule has 8 rings (SSSR count). The number of rotatable bonds is 6. The summed E-state index contributed by atoms with van der Waals surface area (Å²) >= 11 is 0. The monoisotopic (exact) mass is 665 g/mol. The maximum absolute atomic E-state index is 14.3. The van der Waals surface area contributed by atoms with E-state index in [1.54, 1.807) is 26.2 Å². The van der Waals surface area contributed by atoms with Gasteiger partial charge in [-0.3, -0.25) is 24.5 Å². The third kappa shape index (κ3) is 4.76. The van der Waals surface area contributed by atoms with Gasteiger partial charge in [-0.15, -0.1) is 0 Å². The normalized spacial score (nSPS) is 19.7. The van der Waals surface area contributed by atoms with Crippen molar-refractivity contribution in [3.63, 3.8) is 0 Å². The number of nitrogens with zero attached hydrogens (tertiary/aromatic N) is 5. The van der Waals surface area contributed by atoms with Crippen molar-refractivity contribution in [2.45, 2.75) is 24.7 Å². The zero-order valence-electron chi connectivity index (χ0n) is 27.9. The van der Waals surface area contributed by atoms with Crippen LogP contribution in [0.5, 0.6) is 0 Å². The fourth-order valence-electron chi connectivity index (χ4n) is 7.68. The fraction of sp³-hybridized carbons (Fsp3) is 0.231. The molecule has 50 heavy (non-hydrogen) atoms. The topological polar surface area (TPSA) is 139 Å². The number of carbonyl (C=O) groups is 2. The summed E-state index contributed by atoms with van der Waals surface area (Å²) in [6.07, 6.45) is 11.1. The summed E-state index contributed by atoms with van der Waals surface area (Å²) in [5, 5.41) is 0. The number of aromatic amines is 2. The van der Waals surface area contributed by atoms with Gasteiger partial charge in [-0.2, -0.15) is 0 Å². The second kappa shape index (κ2) is 12.2. The van der Waals surface area contributed by atoms with Crippen LogP contribution in [0.25, 0.3) is 56.5 Å². The lowest BCUT2D eigenvalue weighted by atomic mass is 9.63. The number of likely N-dealkylation sites (N-methyl/N-ethyl adjacent to an activating group) is 1. The standard InChI is InChI=1S/C39H35N7O4/c1-4-49-36(47)38-22-46(3)23-39(38,37(48)50-5-2)33-19-27-11-13-29(43-27)35(25-9-7-17-41-21-25)31-15-14-30(44-31)34(24-8-6-16-40-20-24)28-12-10-26(42-28)18-32(38)45-33/h6-21,42-43H,4-5,22-23H2,1-3H3/t38-,39+. The lowest BCUT2D eigenvalue weighted by Crippen LogP contribution is -2.56. The molecule has 1 fully saturated rings. The van der Waals surface area contributed by atoms with Gasteiger partial charge in [-0.25, -0.2) is 4.98 Å². The molecule has 1 saturated heterocycles. The number of esters is 2. The van der Waals surface area contributed by atoms with E-state index in [4.69, 9.17) is 19.4 Å². The number of nitrogens with one attached hydrogen (secondary N) is 2. The minimum atomic E-state index is -1.46. The van der Waals surface area contributed by atoms with Gasteiger partial charge < -0.3 is 24.3 Å². The van der Waals surface area contributed by atoms with Crippen LogP contribution in [0.1, 0.15) is 36.6 Å². The number of aromatic nitrogens is 6. The number of likely N-dealkylation sites (tertiary alicyclic amines) is 1. The first-order chi connectivity index (χ1) is 24.4. The van der Waals surface area contributed by atoms with Crippen molar-refractivity contribution in [2.24, 2.45) is 0 Å². The van der Waals surface area contributed by atoms with Crippen LogP contribution >= 0.6 is 0 Å². The molecule has 0 radical (unpaired) electrons. The average molecular weight is 666 g/mol. The van der Waals surface area contributed by atoms with Gasteiger partial charge in [0.15, 0.2) is 0 Å². The van der Waals surface area contributed by atoms with E-state index in [0.29, 0.717) is 22.4 Å². The number of fused-ring (bicyclic) bond motifs is 11. The Morgan fingerprint density at radius 3 is 1.62 bits per heavy atom. The number of hydrogen-bond acceptors (Lipinski definition) is 9. The molecule has 0 amide bonds. The molecule has 0 unspecified atom stereocenters. The first-order valence-corrected chi connectivity index (χ1v) is 16.6. The predicted octanol–water partition coefficient (Wildman–Crippen LogP) is 5.86. The predicted molar refractivity (Wildman–Crippen MR) is 191 cm³/mol. The van der Waals surface area contributed by atoms with Crippen molar-refractivity contribution < 1.29 is 19.1 Å². The summed E-state index contributed by atoms with van der Waals surface area (Å²) in [6.45, 7) is 4.25. The first kappa shape index (κ1) is 31.3. The lowest BCUT2D eigenvalue weighted by molar-refractivity contribution is -0.162. The van der Waals surface area contributed by atoms with Crippen LogP contribution < -0.4 is 0 Å². The molecular weight excluding hydrogens is 630 g/mol. The van der Waals surface area contributed by atoms with E-state index in [0.717, 1.165) is 44.7 Å². The molecule has 8 heterocycles. The minimum absolute atomic E-state index is 0.146. The Balaban J connectivity index is 1.54. The molecule has 0 spiro atoms. The molecule has 11 nitrogen and oxygen atoms in total. The van der Waals surface area contributed by atoms with Crippen molar-refractivity contribution in [1.82, 2.24) is 34.8 Å². The number of H-pyrrole nitrogens is 2. The van der Waals surface area contributed by atoms with Crippen LogP contribution in [0.2, 0.25) is 0 Å². The Kier molecular flexibility index (Phi) is 7.64. The van der Waals surface area contributed by atoms with Crippen LogP contribution in [0, 0.1) is 0 Å². The van der Waals surface area contributed by atoms with Crippen molar-refractivity contribution in [1.29, 1.82) is 0 Å². The summed E-state index contributed by atoms with van der Waals surface area (Å²) in [6, 6.07) is 19.3. The molecule has 0 aromatic carbocycles. The summed E-state index contributed by atoms with van der Waals surface area (Å²) in [7, 11) is 1.89. The maximum atomic E-state index is 14.3. The molecule has 3 aliphatic heterocycles.